The van der Waals surface area contributed by atoms with Gasteiger partial charge in [-0.25, -0.2) is 0 Å². The van der Waals surface area contributed by atoms with Gasteiger partial charge in [-0.05, 0) is 0 Å². The summed E-state index contributed by atoms with van der Waals surface area (Å²) in [5.41, 5.74) is -1.72. The van der Waals surface area contributed by atoms with Gasteiger partial charge in [0.05, 0.1) is 0 Å². The maximum Gasteiger partial charge on any atom is 0.256 e. The minimum absolute atomic E-state index is 1.08. The highest BCUT2D eigenvalue weighted by molar-refractivity contribution is 9.26. The van der Waals surface area contributed by atoms with E-state index in [0.717, 1.165) is 0 Å². The molecule has 0 heterocycles. The Morgan fingerprint density at radius 3 is 1.27 bits per heavy atom. The van der Waals surface area contributed by atoms with Crippen LogP contribution in [0, 0.1) is 39.4 Å². The van der Waals surface area contributed by atoms with Crippen LogP contribution in [0.5, 0.6) is 0 Å². The van der Waals surface area contributed by atoms with E-state index in [1.54, 1.807) is 18.2 Å². The third kappa shape index (κ3) is 1.91. The largest absolute Gasteiger partial charge is 0.256 e. The van der Waals surface area contributed by atoms with Crippen LogP contribution < -0.4 is 0 Å². The first-order valence-electron chi connectivity index (χ1n) is 2.34. The van der Waals surface area contributed by atoms with Crippen molar-refractivity contribution in [3.8, 4) is 18.2 Å². The smallest absolute Gasteiger partial charge is 0.195 e. The first-order chi connectivity index (χ1) is 4.93. The van der Waals surface area contributed by atoms with E-state index in [9.17, 15) is 0 Å². The van der Waals surface area contributed by atoms with Gasteiger partial charge in [-0.1, -0.05) is 31.9 Å². The summed E-state index contributed by atoms with van der Waals surface area (Å²) >= 11 is 5.99. The molecule has 0 fully saturated rings. The summed E-state index contributed by atoms with van der Waals surface area (Å²) in [5.74, 6) is 0. The molecular weight excluding hydrogens is 293 g/mol. The van der Waals surface area contributed by atoms with Crippen LogP contribution in [-0.2, 0) is 0 Å². The van der Waals surface area contributed by atoms with Gasteiger partial charge in [0.2, 0.25) is 0 Å². The molecule has 3 nitrogen and oxygen atoms in total. The predicted octanol–water partition coefficient (Wildman–Crippen LogP) is 1.86. The molecule has 0 aromatic rings. The third-order valence-electron chi connectivity index (χ3n) is 1.00. The highest BCUT2D eigenvalue weighted by atomic mass is 79.9. The summed E-state index contributed by atoms with van der Waals surface area (Å²) in [4.78, 5) is 0. The number of halogens is 2. The quantitative estimate of drug-likeness (QED) is 0.547. The molecule has 0 aliphatic rings. The van der Waals surface area contributed by atoms with Crippen molar-refractivity contribution < 1.29 is 0 Å². The van der Waals surface area contributed by atoms with Crippen LogP contribution in [0.25, 0.3) is 0 Å². The van der Waals surface area contributed by atoms with E-state index in [4.69, 9.17) is 15.8 Å². The van der Waals surface area contributed by atoms with Gasteiger partial charge < -0.3 is 0 Å². The fraction of sp³-hybridized carbons (Fsp3) is 0.400. The zero-order valence-electron chi connectivity index (χ0n) is 5.17. The molecule has 0 rings (SSSR count). The lowest BCUT2D eigenvalue weighted by Gasteiger charge is -2.21. The molecule has 0 saturated heterocycles. The molecule has 1 atom stereocenters. The van der Waals surface area contributed by atoms with Crippen LogP contribution in [-0.4, -0.2) is 2.97 Å². The van der Waals surface area contributed by atoms with E-state index in [1.807, 2.05) is 0 Å². The van der Waals surface area contributed by atoms with Gasteiger partial charge >= 0.3 is 0 Å². The van der Waals surface area contributed by atoms with Gasteiger partial charge in [-0.3, -0.25) is 0 Å². The summed E-state index contributed by atoms with van der Waals surface area (Å²) < 4.78 is -1.08. The molecule has 6 heteroatoms. The normalized spacial score (nSPS) is 10.9. The zero-order chi connectivity index (χ0) is 9.12. The van der Waals surface area contributed by atoms with Crippen molar-refractivity contribution in [1.29, 1.82) is 15.8 Å². The lowest BCUT2D eigenvalue weighted by molar-refractivity contribution is 0.738. The first-order valence-corrected chi connectivity index (χ1v) is 4.50. The Kier molecular flexibility index (Phi) is 3.46. The second kappa shape index (κ2) is 3.51. The molecule has 0 radical (unpaired) electrons. The van der Waals surface area contributed by atoms with Crippen molar-refractivity contribution in [3.63, 3.8) is 0 Å². The van der Waals surface area contributed by atoms with Crippen LogP contribution in [0.15, 0.2) is 0 Å². The molecule has 0 amide bonds. The highest BCUT2D eigenvalue weighted by Crippen LogP contribution is 2.48. The van der Waals surface area contributed by atoms with Crippen molar-refractivity contribution in [2.75, 3.05) is 0 Å². The topological polar surface area (TPSA) is 71.4 Å². The van der Waals surface area contributed by atoms with Crippen LogP contribution in [0.3, 0.4) is 0 Å². The van der Waals surface area contributed by atoms with Crippen LogP contribution >= 0.6 is 41.1 Å². The summed E-state index contributed by atoms with van der Waals surface area (Å²) in [6.45, 7) is 0. The Bertz CT molecular complexity index is 238. The number of rotatable bonds is 1. The summed E-state index contributed by atoms with van der Waals surface area (Å²) in [5, 5.41) is 25.6. The van der Waals surface area contributed by atoms with Gasteiger partial charge in [-0.15, -0.1) is 9.24 Å². The molecular formula is C5H2Br2N3P. The number of hydrogen-bond acceptors (Lipinski definition) is 3. The maximum absolute atomic E-state index is 8.54. The monoisotopic (exact) mass is 293 g/mol. The Balaban J connectivity index is 5.16. The molecule has 0 aliphatic heterocycles. The summed E-state index contributed by atoms with van der Waals surface area (Å²) in [6, 6.07) is 4.85. The molecule has 0 saturated carbocycles. The number of nitrogens with zero attached hydrogens (tertiary/aromatic N) is 3. The van der Waals surface area contributed by atoms with E-state index >= 15 is 0 Å². The Hall–Kier alpha value is -0.140. The predicted molar refractivity (Wildman–Crippen MR) is 49.6 cm³/mol. The van der Waals surface area contributed by atoms with Gasteiger partial charge in [-0.2, -0.15) is 15.8 Å². The SMILES string of the molecule is N#CC(C#N)(C#N)C(P)(Br)Br. The van der Waals surface area contributed by atoms with Crippen molar-refractivity contribution in [2.24, 2.45) is 5.41 Å². The van der Waals surface area contributed by atoms with Gasteiger partial charge in [0, 0.05) is 0 Å². The lowest BCUT2D eigenvalue weighted by Crippen LogP contribution is -2.29. The molecule has 0 aliphatic carbocycles. The van der Waals surface area contributed by atoms with E-state index in [-0.39, 0.29) is 0 Å². The number of hydrogen-bond donors (Lipinski definition) is 0. The van der Waals surface area contributed by atoms with E-state index < -0.39 is 8.39 Å². The Morgan fingerprint density at radius 2 is 1.27 bits per heavy atom. The average Bonchev–Trinajstić information content (AvgIpc) is 1.90. The van der Waals surface area contributed by atoms with Crippen molar-refractivity contribution in [1.82, 2.24) is 0 Å². The van der Waals surface area contributed by atoms with Crippen LogP contribution in [0.4, 0.5) is 0 Å². The van der Waals surface area contributed by atoms with Crippen molar-refractivity contribution >= 4 is 41.1 Å². The van der Waals surface area contributed by atoms with Gasteiger partial charge in [0.25, 0.3) is 5.41 Å². The molecule has 0 spiro atoms. The average molecular weight is 295 g/mol. The third-order valence-corrected chi connectivity index (χ3v) is 2.63. The fourth-order valence-corrected chi connectivity index (χ4v) is 1.02. The standard InChI is InChI=1S/C5H2Br2N3P/c6-5(7,11)4(1-8,2-9)3-10/h11H2. The Morgan fingerprint density at radius 1 is 1.00 bits per heavy atom. The Labute approximate surface area is 83.4 Å². The van der Waals surface area contributed by atoms with Crippen molar-refractivity contribution in [3.05, 3.63) is 0 Å². The second-order valence-corrected chi connectivity index (χ2v) is 7.83. The van der Waals surface area contributed by atoms with Crippen LogP contribution in [0.1, 0.15) is 0 Å². The second-order valence-electron chi connectivity index (χ2n) is 1.71. The van der Waals surface area contributed by atoms with Gasteiger partial charge in [0.1, 0.15) is 21.2 Å². The zero-order valence-corrected chi connectivity index (χ0v) is 9.50. The minimum Gasteiger partial charge on any atom is -0.195 e. The fourth-order valence-electron chi connectivity index (χ4n) is 0.299. The van der Waals surface area contributed by atoms with Crippen molar-refractivity contribution in [2.45, 2.75) is 2.97 Å². The van der Waals surface area contributed by atoms with Crippen LogP contribution in [0.2, 0.25) is 0 Å². The lowest BCUT2D eigenvalue weighted by atomic mass is 9.97. The summed E-state index contributed by atoms with van der Waals surface area (Å²) in [6.07, 6.45) is 0. The maximum atomic E-state index is 8.54. The van der Waals surface area contributed by atoms with Gasteiger partial charge in [0.15, 0.2) is 0 Å². The molecule has 0 aromatic heterocycles. The molecule has 11 heavy (non-hydrogen) atoms. The highest BCUT2D eigenvalue weighted by Gasteiger charge is 2.47. The number of alkyl halides is 2. The molecule has 0 N–H and O–H groups in total. The molecule has 0 aromatic carbocycles. The minimum atomic E-state index is -1.72. The number of nitriles is 3. The molecule has 56 valence electrons. The van der Waals surface area contributed by atoms with E-state index in [0.29, 0.717) is 0 Å². The van der Waals surface area contributed by atoms with E-state index in [2.05, 4.69) is 41.1 Å². The molecule has 0 bridgehead atoms. The van der Waals surface area contributed by atoms with E-state index in [1.165, 1.54) is 0 Å². The molecule has 1 unspecified atom stereocenters. The summed E-state index contributed by atoms with van der Waals surface area (Å²) in [7, 11) is 2.16. The first kappa shape index (κ1) is 10.9.